The highest BCUT2D eigenvalue weighted by Gasteiger charge is 2.07. The zero-order valence-electron chi connectivity index (χ0n) is 15.0. The van der Waals surface area contributed by atoms with Gasteiger partial charge in [-0.1, -0.05) is 44.4 Å². The Kier molecular flexibility index (Phi) is 8.06. The number of rotatable bonds is 9. The summed E-state index contributed by atoms with van der Waals surface area (Å²) in [6, 6.07) is 15.7. The standard InChI is InChI=1S/C21H24N2O3/c1-2-3-4-8-11-20(24)23-22-16-17-12-14-19(15-13-17)26-21(25)18-9-6-5-7-10-18/h5-7,9-10,12-16H,2-4,8,11H2,1H3,(H,23,24)/b22-16+. The van der Waals surface area contributed by atoms with E-state index in [1.165, 1.54) is 0 Å². The molecule has 0 bridgehead atoms. The van der Waals surface area contributed by atoms with E-state index in [-0.39, 0.29) is 5.91 Å². The van der Waals surface area contributed by atoms with Gasteiger partial charge in [-0.15, -0.1) is 0 Å². The van der Waals surface area contributed by atoms with E-state index in [4.69, 9.17) is 4.74 Å². The van der Waals surface area contributed by atoms with Crippen molar-refractivity contribution in [3.63, 3.8) is 0 Å². The second-order valence-electron chi connectivity index (χ2n) is 5.93. The van der Waals surface area contributed by atoms with Gasteiger partial charge < -0.3 is 4.74 Å². The zero-order valence-corrected chi connectivity index (χ0v) is 15.0. The van der Waals surface area contributed by atoms with Crippen molar-refractivity contribution in [3.05, 3.63) is 65.7 Å². The van der Waals surface area contributed by atoms with Crippen molar-refractivity contribution in [3.8, 4) is 5.75 Å². The molecule has 0 radical (unpaired) electrons. The fourth-order valence-corrected chi connectivity index (χ4v) is 2.31. The molecule has 136 valence electrons. The molecule has 0 saturated carbocycles. The molecule has 0 fully saturated rings. The van der Waals surface area contributed by atoms with Gasteiger partial charge in [0.15, 0.2) is 0 Å². The molecule has 0 aliphatic rings. The van der Waals surface area contributed by atoms with Crippen molar-refractivity contribution in [2.75, 3.05) is 0 Å². The number of hydrogen-bond acceptors (Lipinski definition) is 4. The molecule has 2 aromatic rings. The second-order valence-corrected chi connectivity index (χ2v) is 5.93. The van der Waals surface area contributed by atoms with Crippen molar-refractivity contribution >= 4 is 18.1 Å². The first-order valence-corrected chi connectivity index (χ1v) is 8.88. The van der Waals surface area contributed by atoms with Gasteiger partial charge in [-0.25, -0.2) is 10.2 Å². The number of nitrogens with zero attached hydrogens (tertiary/aromatic N) is 1. The Bertz CT molecular complexity index is 725. The van der Waals surface area contributed by atoms with Gasteiger partial charge in [-0.05, 0) is 48.4 Å². The lowest BCUT2D eigenvalue weighted by Gasteiger charge is -2.04. The summed E-state index contributed by atoms with van der Waals surface area (Å²) in [5, 5.41) is 3.95. The normalized spacial score (nSPS) is 10.7. The van der Waals surface area contributed by atoms with Crippen LogP contribution in [0.2, 0.25) is 0 Å². The van der Waals surface area contributed by atoms with Crippen LogP contribution in [0.25, 0.3) is 0 Å². The van der Waals surface area contributed by atoms with Gasteiger partial charge in [0, 0.05) is 6.42 Å². The molecule has 26 heavy (non-hydrogen) atoms. The van der Waals surface area contributed by atoms with Crippen LogP contribution in [-0.4, -0.2) is 18.1 Å². The summed E-state index contributed by atoms with van der Waals surface area (Å²) in [5.41, 5.74) is 3.82. The number of carbonyl (C=O) groups is 2. The van der Waals surface area contributed by atoms with Gasteiger partial charge in [-0.3, -0.25) is 4.79 Å². The van der Waals surface area contributed by atoms with Gasteiger partial charge in [0.25, 0.3) is 0 Å². The number of hydrogen-bond donors (Lipinski definition) is 1. The highest BCUT2D eigenvalue weighted by molar-refractivity contribution is 5.91. The van der Waals surface area contributed by atoms with Crippen LogP contribution < -0.4 is 10.2 Å². The Morgan fingerprint density at radius 2 is 1.73 bits per heavy atom. The van der Waals surface area contributed by atoms with Crippen molar-refractivity contribution in [2.45, 2.75) is 39.0 Å². The third-order valence-corrected chi connectivity index (χ3v) is 3.76. The Morgan fingerprint density at radius 1 is 1.00 bits per heavy atom. The molecule has 2 rings (SSSR count). The fourth-order valence-electron chi connectivity index (χ4n) is 2.31. The van der Waals surface area contributed by atoms with Gasteiger partial charge >= 0.3 is 5.97 Å². The average molecular weight is 352 g/mol. The Hall–Kier alpha value is -2.95. The summed E-state index contributed by atoms with van der Waals surface area (Å²) < 4.78 is 5.31. The molecule has 1 amide bonds. The van der Waals surface area contributed by atoms with E-state index in [2.05, 4.69) is 17.5 Å². The van der Waals surface area contributed by atoms with Crippen molar-refractivity contribution in [1.82, 2.24) is 5.43 Å². The van der Waals surface area contributed by atoms with Gasteiger partial charge in [0.2, 0.25) is 5.91 Å². The number of carbonyl (C=O) groups excluding carboxylic acids is 2. The molecule has 0 heterocycles. The first kappa shape index (κ1) is 19.4. The van der Waals surface area contributed by atoms with Crippen LogP contribution in [0.5, 0.6) is 5.75 Å². The van der Waals surface area contributed by atoms with Crippen LogP contribution >= 0.6 is 0 Å². The van der Waals surface area contributed by atoms with E-state index < -0.39 is 5.97 Å². The molecule has 0 spiro atoms. The lowest BCUT2D eigenvalue weighted by Crippen LogP contribution is -2.16. The maximum Gasteiger partial charge on any atom is 0.343 e. The number of hydrazone groups is 1. The molecular formula is C21H24N2O3. The molecule has 0 aromatic heterocycles. The van der Waals surface area contributed by atoms with E-state index in [0.29, 0.717) is 17.7 Å². The van der Waals surface area contributed by atoms with Gasteiger partial charge in [0.1, 0.15) is 5.75 Å². The number of esters is 1. The maximum absolute atomic E-state index is 12.0. The van der Waals surface area contributed by atoms with E-state index in [1.54, 1.807) is 54.7 Å². The molecule has 1 N–H and O–H groups in total. The highest BCUT2D eigenvalue weighted by Crippen LogP contribution is 2.13. The number of unbranched alkanes of at least 4 members (excludes halogenated alkanes) is 3. The van der Waals surface area contributed by atoms with Crippen LogP contribution in [-0.2, 0) is 4.79 Å². The zero-order chi connectivity index (χ0) is 18.6. The lowest BCUT2D eigenvalue weighted by atomic mass is 10.1. The van der Waals surface area contributed by atoms with Crippen molar-refractivity contribution < 1.29 is 14.3 Å². The predicted molar refractivity (Wildman–Crippen MR) is 102 cm³/mol. The molecule has 5 heteroatoms. The van der Waals surface area contributed by atoms with Gasteiger partial charge in [0.05, 0.1) is 11.8 Å². The topological polar surface area (TPSA) is 67.8 Å². The first-order chi connectivity index (χ1) is 12.7. The summed E-state index contributed by atoms with van der Waals surface area (Å²) in [5.74, 6) is -0.0240. The Morgan fingerprint density at radius 3 is 2.42 bits per heavy atom. The average Bonchev–Trinajstić information content (AvgIpc) is 2.67. The largest absolute Gasteiger partial charge is 0.423 e. The predicted octanol–water partition coefficient (Wildman–Crippen LogP) is 4.33. The minimum absolute atomic E-state index is 0.0780. The van der Waals surface area contributed by atoms with E-state index >= 15 is 0 Å². The minimum atomic E-state index is -0.401. The molecule has 0 atom stereocenters. The van der Waals surface area contributed by atoms with E-state index in [9.17, 15) is 9.59 Å². The summed E-state index contributed by atoms with van der Waals surface area (Å²) in [6.45, 7) is 2.14. The first-order valence-electron chi connectivity index (χ1n) is 8.88. The Balaban J connectivity index is 1.78. The van der Waals surface area contributed by atoms with Crippen molar-refractivity contribution in [2.24, 2.45) is 5.10 Å². The number of benzene rings is 2. The molecule has 2 aromatic carbocycles. The number of nitrogens with one attached hydrogen (secondary N) is 1. The third kappa shape index (κ3) is 6.89. The third-order valence-electron chi connectivity index (χ3n) is 3.76. The lowest BCUT2D eigenvalue weighted by molar-refractivity contribution is -0.121. The minimum Gasteiger partial charge on any atom is -0.423 e. The molecule has 0 unspecified atom stereocenters. The summed E-state index contributed by atoms with van der Waals surface area (Å²) in [7, 11) is 0. The fraction of sp³-hybridized carbons (Fsp3) is 0.286. The summed E-state index contributed by atoms with van der Waals surface area (Å²) >= 11 is 0. The van der Waals surface area contributed by atoms with Crippen LogP contribution in [0.1, 0.15) is 54.9 Å². The van der Waals surface area contributed by atoms with Crippen LogP contribution in [0.4, 0.5) is 0 Å². The highest BCUT2D eigenvalue weighted by atomic mass is 16.5. The molecule has 0 aliphatic heterocycles. The van der Waals surface area contributed by atoms with Crippen molar-refractivity contribution in [1.29, 1.82) is 0 Å². The smallest absolute Gasteiger partial charge is 0.343 e. The molecule has 0 saturated heterocycles. The number of ether oxygens (including phenoxy) is 1. The van der Waals surface area contributed by atoms with Crippen LogP contribution in [0.15, 0.2) is 59.7 Å². The maximum atomic E-state index is 12.0. The summed E-state index contributed by atoms with van der Waals surface area (Å²) in [6.07, 6.45) is 6.31. The second kappa shape index (κ2) is 10.8. The van der Waals surface area contributed by atoms with Crippen LogP contribution in [0, 0.1) is 0 Å². The quantitative estimate of drug-likeness (QED) is 0.240. The van der Waals surface area contributed by atoms with E-state index in [1.807, 2.05) is 6.07 Å². The monoisotopic (exact) mass is 352 g/mol. The van der Waals surface area contributed by atoms with E-state index in [0.717, 1.165) is 31.2 Å². The summed E-state index contributed by atoms with van der Waals surface area (Å²) in [4.78, 5) is 23.6. The molecule has 0 aliphatic carbocycles. The van der Waals surface area contributed by atoms with Gasteiger partial charge in [-0.2, -0.15) is 5.10 Å². The number of amides is 1. The molecule has 5 nitrogen and oxygen atoms in total. The van der Waals surface area contributed by atoms with Crippen LogP contribution in [0.3, 0.4) is 0 Å². The SMILES string of the molecule is CCCCCCC(=O)N/N=C/c1ccc(OC(=O)c2ccccc2)cc1. The Labute approximate surface area is 154 Å². The molecular weight excluding hydrogens is 328 g/mol.